The molecule has 29 heavy (non-hydrogen) atoms. The lowest BCUT2D eigenvalue weighted by atomic mass is 9.96. The van der Waals surface area contributed by atoms with Crippen molar-refractivity contribution in [1.82, 2.24) is 10.3 Å². The summed E-state index contributed by atoms with van der Waals surface area (Å²) in [5.74, 6) is 0. The molecule has 3 rings (SSSR count). The minimum absolute atomic E-state index is 0.125. The zero-order valence-electron chi connectivity index (χ0n) is 16.2. The van der Waals surface area contributed by atoms with Crippen LogP contribution in [0, 0.1) is 0 Å². The highest BCUT2D eigenvalue weighted by Gasteiger charge is 2.36. The van der Waals surface area contributed by atoms with Crippen molar-refractivity contribution >= 4 is 38.1 Å². The maximum absolute atomic E-state index is 13.1. The fraction of sp³-hybridized carbons (Fsp3) is 0.421. The lowest BCUT2D eigenvalue weighted by Gasteiger charge is -2.35. The van der Waals surface area contributed by atoms with Gasteiger partial charge in [0.05, 0.1) is 12.3 Å². The summed E-state index contributed by atoms with van der Waals surface area (Å²) in [4.78, 5) is 4.51. The molecular formula is C19H25ClN4O3S2. The Bertz CT molecular complexity index is 972. The van der Waals surface area contributed by atoms with Gasteiger partial charge >= 0.3 is 0 Å². The quantitative estimate of drug-likeness (QED) is 0.527. The maximum atomic E-state index is 13.1. The normalized spacial score (nSPS) is 20.9. The van der Waals surface area contributed by atoms with Gasteiger partial charge in [0.1, 0.15) is 10.9 Å². The van der Waals surface area contributed by atoms with Crippen molar-refractivity contribution in [2.24, 2.45) is 5.73 Å². The van der Waals surface area contributed by atoms with E-state index in [2.05, 4.69) is 21.6 Å². The van der Waals surface area contributed by atoms with Crippen molar-refractivity contribution in [2.75, 3.05) is 24.4 Å². The van der Waals surface area contributed by atoms with E-state index in [0.717, 1.165) is 18.7 Å². The summed E-state index contributed by atoms with van der Waals surface area (Å²) in [6.07, 6.45) is 2.09. The van der Waals surface area contributed by atoms with Crippen LogP contribution < -0.4 is 15.8 Å². The maximum Gasteiger partial charge on any atom is 0.245 e. The summed E-state index contributed by atoms with van der Waals surface area (Å²) in [5, 5.41) is 4.84. The first-order valence-electron chi connectivity index (χ1n) is 9.29. The molecule has 0 amide bonds. The molecule has 1 aromatic carbocycles. The van der Waals surface area contributed by atoms with E-state index in [9.17, 15) is 8.42 Å². The number of sulfonamides is 1. The van der Waals surface area contributed by atoms with Gasteiger partial charge in [0, 0.05) is 30.0 Å². The molecule has 4 N–H and O–H groups in total. The number of hydrogen-bond acceptors (Lipinski definition) is 7. The van der Waals surface area contributed by atoms with E-state index >= 15 is 0 Å². The van der Waals surface area contributed by atoms with E-state index < -0.39 is 20.9 Å². The van der Waals surface area contributed by atoms with Crippen molar-refractivity contribution in [3.8, 4) is 0 Å². The van der Waals surface area contributed by atoms with Gasteiger partial charge in [-0.1, -0.05) is 36.7 Å². The van der Waals surface area contributed by atoms with Crippen LogP contribution in [0.1, 0.15) is 35.4 Å². The van der Waals surface area contributed by atoms with Gasteiger partial charge < -0.3 is 15.8 Å². The van der Waals surface area contributed by atoms with E-state index in [1.807, 2.05) is 12.3 Å². The van der Waals surface area contributed by atoms with Gasteiger partial charge in [-0.3, -0.25) is 4.72 Å². The third-order valence-electron chi connectivity index (χ3n) is 5.05. The molecule has 0 saturated carbocycles. The number of anilines is 1. The van der Waals surface area contributed by atoms with Gasteiger partial charge in [0.2, 0.25) is 10.0 Å². The van der Waals surface area contributed by atoms with Gasteiger partial charge in [-0.2, -0.15) is 0 Å². The molecule has 0 radical (unpaired) electrons. The first-order valence-corrected chi connectivity index (χ1v) is 12.1. The van der Waals surface area contributed by atoms with Crippen molar-refractivity contribution in [3.05, 3.63) is 58.1 Å². The molecule has 158 valence electrons. The van der Waals surface area contributed by atoms with Crippen LogP contribution in [0.25, 0.3) is 0 Å². The number of ether oxygens (including phenoxy) is 1. The van der Waals surface area contributed by atoms with Crippen LogP contribution in [0.15, 0.2) is 36.2 Å². The van der Waals surface area contributed by atoms with E-state index in [-0.39, 0.29) is 11.7 Å². The first-order chi connectivity index (χ1) is 13.9. The van der Waals surface area contributed by atoms with Gasteiger partial charge in [0.15, 0.2) is 5.13 Å². The van der Waals surface area contributed by atoms with Crippen molar-refractivity contribution in [3.63, 3.8) is 0 Å². The van der Waals surface area contributed by atoms with Crippen LogP contribution in [0.5, 0.6) is 0 Å². The number of hydrogen-bond donors (Lipinski definition) is 3. The van der Waals surface area contributed by atoms with Crippen LogP contribution in [-0.2, 0) is 26.9 Å². The Balaban J connectivity index is 1.88. The highest BCUT2D eigenvalue weighted by molar-refractivity contribution is 7.93. The summed E-state index contributed by atoms with van der Waals surface area (Å²) in [5.41, 5.74) is 7.05. The van der Waals surface area contributed by atoms with Gasteiger partial charge in [-0.05, 0) is 23.6 Å². The number of nitrogens with one attached hydrogen (secondary N) is 2. The molecule has 2 atom stereocenters. The SMILES string of the molecule is C=CC(c1cccc(Cl)c1CN)S(=O)(=O)Nc1nc(C2(CC)CNCCO2)cs1. The minimum Gasteiger partial charge on any atom is -0.366 e. The molecule has 1 fully saturated rings. The summed E-state index contributed by atoms with van der Waals surface area (Å²) in [7, 11) is -3.86. The fourth-order valence-corrected chi connectivity index (χ4v) is 6.09. The number of aromatic nitrogens is 1. The molecule has 1 aliphatic rings. The largest absolute Gasteiger partial charge is 0.366 e. The second-order valence-electron chi connectivity index (χ2n) is 6.73. The Kier molecular flexibility index (Phi) is 6.98. The van der Waals surface area contributed by atoms with Crippen LogP contribution in [0.4, 0.5) is 5.13 Å². The molecule has 2 unspecified atom stereocenters. The fourth-order valence-electron chi connectivity index (χ4n) is 3.43. The van der Waals surface area contributed by atoms with E-state index in [4.69, 9.17) is 22.1 Å². The topological polar surface area (TPSA) is 106 Å². The van der Waals surface area contributed by atoms with E-state index in [0.29, 0.717) is 29.3 Å². The molecule has 0 spiro atoms. The second-order valence-corrected chi connectivity index (χ2v) is 9.79. The number of benzene rings is 1. The summed E-state index contributed by atoms with van der Waals surface area (Å²) >= 11 is 7.43. The van der Waals surface area contributed by atoms with Crippen LogP contribution in [0.3, 0.4) is 0 Å². The zero-order valence-corrected chi connectivity index (χ0v) is 18.5. The molecule has 10 heteroatoms. The van der Waals surface area contributed by atoms with Crippen LogP contribution in [0.2, 0.25) is 5.02 Å². The molecule has 1 aromatic heterocycles. The number of halogens is 1. The smallest absolute Gasteiger partial charge is 0.245 e. The third kappa shape index (κ3) is 4.50. The number of thiazole rings is 1. The average molecular weight is 457 g/mol. The lowest BCUT2D eigenvalue weighted by molar-refractivity contribution is -0.0761. The Morgan fingerprint density at radius 3 is 2.97 bits per heavy atom. The Labute approximate surface area is 180 Å². The number of morpholine rings is 1. The predicted molar refractivity (Wildman–Crippen MR) is 118 cm³/mol. The molecule has 2 heterocycles. The summed E-state index contributed by atoms with van der Waals surface area (Å²) in [6, 6.07) is 5.08. The second kappa shape index (κ2) is 9.11. The number of nitrogens with zero attached hydrogens (tertiary/aromatic N) is 1. The minimum atomic E-state index is -3.86. The van der Waals surface area contributed by atoms with E-state index in [1.54, 1.807) is 18.2 Å². The highest BCUT2D eigenvalue weighted by atomic mass is 35.5. The Morgan fingerprint density at radius 2 is 2.34 bits per heavy atom. The van der Waals surface area contributed by atoms with Crippen molar-refractivity contribution < 1.29 is 13.2 Å². The third-order valence-corrected chi connectivity index (χ3v) is 7.89. The Morgan fingerprint density at radius 1 is 1.55 bits per heavy atom. The van der Waals surface area contributed by atoms with Gasteiger partial charge in [-0.25, -0.2) is 13.4 Å². The highest BCUT2D eigenvalue weighted by Crippen LogP contribution is 2.35. The summed E-state index contributed by atoms with van der Waals surface area (Å²) < 4.78 is 34.8. The molecule has 1 saturated heterocycles. The molecular weight excluding hydrogens is 432 g/mol. The zero-order chi connectivity index (χ0) is 21.1. The van der Waals surface area contributed by atoms with Crippen LogP contribution in [-0.4, -0.2) is 33.1 Å². The molecule has 1 aliphatic heterocycles. The Hall–Kier alpha value is -1.49. The average Bonchev–Trinajstić information content (AvgIpc) is 3.17. The lowest BCUT2D eigenvalue weighted by Crippen LogP contribution is -2.47. The van der Waals surface area contributed by atoms with Crippen molar-refractivity contribution in [1.29, 1.82) is 0 Å². The first kappa shape index (κ1) is 22.2. The van der Waals surface area contributed by atoms with E-state index in [1.165, 1.54) is 17.4 Å². The van der Waals surface area contributed by atoms with Crippen molar-refractivity contribution in [2.45, 2.75) is 30.7 Å². The molecule has 0 aliphatic carbocycles. The molecule has 2 aromatic rings. The number of nitrogens with two attached hydrogens (primary N) is 1. The predicted octanol–water partition coefficient (Wildman–Crippen LogP) is 3.15. The molecule has 7 nitrogen and oxygen atoms in total. The standard InChI is InChI=1S/C19H25ClN4O3S2/c1-3-16(13-6-5-7-15(20)14(13)10-21)29(25,26)24-18-23-17(11-28-18)19(4-2)12-22-8-9-27-19/h3,5-7,11,16,22H,1,4,8-10,12,21H2,2H3,(H,23,24). The monoisotopic (exact) mass is 456 g/mol. The molecule has 0 bridgehead atoms. The number of rotatable bonds is 8. The summed E-state index contributed by atoms with van der Waals surface area (Å²) in [6.45, 7) is 7.86. The van der Waals surface area contributed by atoms with Gasteiger partial charge in [-0.15, -0.1) is 17.9 Å². The van der Waals surface area contributed by atoms with Gasteiger partial charge in [0.25, 0.3) is 0 Å². The van der Waals surface area contributed by atoms with Crippen LogP contribution >= 0.6 is 22.9 Å².